The summed E-state index contributed by atoms with van der Waals surface area (Å²) in [6, 6.07) is 8.10. The molecule has 1 saturated heterocycles. The van der Waals surface area contributed by atoms with Gasteiger partial charge in [0, 0.05) is 10.0 Å². The third-order valence-corrected chi connectivity index (χ3v) is 3.87. The summed E-state index contributed by atoms with van der Waals surface area (Å²) in [5.74, 6) is 1.89. The summed E-state index contributed by atoms with van der Waals surface area (Å²) in [5, 5.41) is 7.45. The number of hydrogen-bond acceptors (Lipinski definition) is 4. The maximum absolute atomic E-state index is 5.37. The van der Waals surface area contributed by atoms with Crippen LogP contribution in [0.2, 0.25) is 0 Å². The van der Waals surface area contributed by atoms with Crippen LogP contribution in [0.15, 0.2) is 33.3 Å². The lowest BCUT2D eigenvalue weighted by atomic mass is 10.0. The molecule has 1 fully saturated rings. The van der Waals surface area contributed by atoms with Crippen LogP contribution in [0, 0.1) is 5.92 Å². The highest BCUT2D eigenvalue weighted by atomic mass is 79.9. The molecule has 0 aliphatic carbocycles. The molecule has 18 heavy (non-hydrogen) atoms. The molecule has 0 saturated carbocycles. The number of hydrogen-bond donors (Lipinski definition) is 1. The Morgan fingerprint density at radius 3 is 2.78 bits per heavy atom. The van der Waals surface area contributed by atoms with Gasteiger partial charge in [-0.15, -0.1) is 0 Å². The molecule has 1 aromatic heterocycles. The molecule has 1 aliphatic rings. The highest BCUT2D eigenvalue weighted by molar-refractivity contribution is 9.10. The van der Waals surface area contributed by atoms with Crippen LogP contribution >= 0.6 is 15.9 Å². The first-order valence-corrected chi connectivity index (χ1v) is 6.86. The molecule has 3 rings (SSSR count). The molecule has 0 bridgehead atoms. The molecule has 2 unspecified atom stereocenters. The largest absolute Gasteiger partial charge is 0.337 e. The summed E-state index contributed by atoms with van der Waals surface area (Å²) in [7, 11) is 0. The van der Waals surface area contributed by atoms with Crippen molar-refractivity contribution in [1.82, 2.24) is 15.5 Å². The second kappa shape index (κ2) is 4.82. The van der Waals surface area contributed by atoms with E-state index in [9.17, 15) is 0 Å². The summed E-state index contributed by atoms with van der Waals surface area (Å²) < 4.78 is 6.41. The van der Waals surface area contributed by atoms with Crippen LogP contribution in [-0.4, -0.2) is 16.7 Å². The Labute approximate surface area is 114 Å². The predicted molar refractivity (Wildman–Crippen MR) is 72.0 cm³/mol. The first kappa shape index (κ1) is 11.9. The van der Waals surface area contributed by atoms with E-state index in [0.717, 1.165) is 23.0 Å². The van der Waals surface area contributed by atoms with E-state index in [1.54, 1.807) is 0 Å². The molecule has 0 amide bonds. The Kier molecular flexibility index (Phi) is 3.18. The lowest BCUT2D eigenvalue weighted by molar-refractivity contribution is 0.319. The van der Waals surface area contributed by atoms with Gasteiger partial charge in [-0.25, -0.2) is 0 Å². The van der Waals surface area contributed by atoms with Gasteiger partial charge in [0.05, 0.1) is 6.04 Å². The summed E-state index contributed by atoms with van der Waals surface area (Å²) in [6.07, 6.45) is 1.15. The average molecular weight is 308 g/mol. The molecule has 0 spiro atoms. The minimum Gasteiger partial charge on any atom is -0.337 e. The average Bonchev–Trinajstić information content (AvgIpc) is 2.98. The van der Waals surface area contributed by atoms with Gasteiger partial charge in [-0.2, -0.15) is 4.98 Å². The standard InChI is InChI=1S/C13H14BrN3O/c1-8-6-7-15-11(8)13-16-12(17-18-13)9-2-4-10(14)5-3-9/h2-5,8,11,15H,6-7H2,1H3. The SMILES string of the molecule is CC1CCNC1c1nc(-c2ccc(Br)cc2)no1. The fourth-order valence-corrected chi connectivity index (χ4v) is 2.51. The van der Waals surface area contributed by atoms with Crippen LogP contribution in [0.3, 0.4) is 0 Å². The molecule has 1 N–H and O–H groups in total. The lowest BCUT2D eigenvalue weighted by Crippen LogP contribution is -2.16. The first-order valence-electron chi connectivity index (χ1n) is 6.07. The minimum atomic E-state index is 0.196. The molecule has 5 heteroatoms. The Morgan fingerprint density at radius 1 is 1.33 bits per heavy atom. The van der Waals surface area contributed by atoms with Gasteiger partial charge in [-0.1, -0.05) is 28.0 Å². The maximum Gasteiger partial charge on any atom is 0.244 e. The van der Waals surface area contributed by atoms with Crippen LogP contribution in [-0.2, 0) is 0 Å². The van der Waals surface area contributed by atoms with Crippen LogP contribution in [0.25, 0.3) is 11.4 Å². The van der Waals surface area contributed by atoms with Crippen LogP contribution < -0.4 is 5.32 Å². The van der Waals surface area contributed by atoms with E-state index in [4.69, 9.17) is 4.52 Å². The van der Waals surface area contributed by atoms with Gasteiger partial charge in [-0.3, -0.25) is 0 Å². The van der Waals surface area contributed by atoms with Crippen molar-refractivity contribution in [2.45, 2.75) is 19.4 Å². The molecule has 94 valence electrons. The van der Waals surface area contributed by atoms with Crippen molar-refractivity contribution >= 4 is 15.9 Å². The second-order valence-electron chi connectivity index (χ2n) is 4.66. The van der Waals surface area contributed by atoms with Gasteiger partial charge in [0.15, 0.2) is 0 Å². The van der Waals surface area contributed by atoms with E-state index in [0.29, 0.717) is 17.6 Å². The normalized spacial score (nSPS) is 23.4. The molecular formula is C13H14BrN3O. The number of halogens is 1. The maximum atomic E-state index is 5.37. The molecule has 1 aromatic carbocycles. The fraction of sp³-hybridized carbons (Fsp3) is 0.385. The molecule has 4 nitrogen and oxygen atoms in total. The second-order valence-corrected chi connectivity index (χ2v) is 5.58. The van der Waals surface area contributed by atoms with Crippen molar-refractivity contribution < 1.29 is 4.52 Å². The third-order valence-electron chi connectivity index (χ3n) is 3.34. The summed E-state index contributed by atoms with van der Waals surface area (Å²) in [5.41, 5.74) is 0.971. The van der Waals surface area contributed by atoms with Crippen LogP contribution in [0.5, 0.6) is 0 Å². The Hall–Kier alpha value is -1.20. The van der Waals surface area contributed by atoms with Crippen LogP contribution in [0.4, 0.5) is 0 Å². The molecule has 2 heterocycles. The van der Waals surface area contributed by atoms with Crippen molar-refractivity contribution in [2.75, 3.05) is 6.54 Å². The topological polar surface area (TPSA) is 51.0 Å². The summed E-state index contributed by atoms with van der Waals surface area (Å²) in [6.45, 7) is 3.22. The Bertz CT molecular complexity index is 537. The monoisotopic (exact) mass is 307 g/mol. The predicted octanol–water partition coefficient (Wildman–Crippen LogP) is 3.17. The van der Waals surface area contributed by atoms with Gasteiger partial charge in [-0.05, 0) is 43.1 Å². The van der Waals surface area contributed by atoms with Gasteiger partial charge in [0.25, 0.3) is 0 Å². The number of benzene rings is 1. The van der Waals surface area contributed by atoms with E-state index < -0.39 is 0 Å². The highest BCUT2D eigenvalue weighted by Crippen LogP contribution is 2.29. The molecule has 1 aliphatic heterocycles. The van der Waals surface area contributed by atoms with E-state index in [1.165, 1.54) is 0 Å². The van der Waals surface area contributed by atoms with Gasteiger partial charge in [0.1, 0.15) is 0 Å². The number of nitrogens with zero attached hydrogens (tertiary/aromatic N) is 2. The zero-order chi connectivity index (χ0) is 12.5. The van der Waals surface area contributed by atoms with Crippen molar-refractivity contribution in [3.63, 3.8) is 0 Å². The van der Waals surface area contributed by atoms with Crippen molar-refractivity contribution in [2.24, 2.45) is 5.92 Å². The van der Waals surface area contributed by atoms with E-state index in [1.807, 2.05) is 24.3 Å². The molecule has 0 radical (unpaired) electrons. The fourth-order valence-electron chi connectivity index (χ4n) is 2.24. The van der Waals surface area contributed by atoms with E-state index >= 15 is 0 Å². The van der Waals surface area contributed by atoms with Gasteiger partial charge in [0.2, 0.25) is 11.7 Å². The zero-order valence-corrected chi connectivity index (χ0v) is 11.6. The third kappa shape index (κ3) is 2.20. The smallest absolute Gasteiger partial charge is 0.244 e. The molecular weight excluding hydrogens is 294 g/mol. The van der Waals surface area contributed by atoms with Gasteiger partial charge >= 0.3 is 0 Å². The van der Waals surface area contributed by atoms with Crippen molar-refractivity contribution in [3.8, 4) is 11.4 Å². The molecule has 2 atom stereocenters. The van der Waals surface area contributed by atoms with E-state index in [-0.39, 0.29) is 6.04 Å². The Morgan fingerprint density at radius 2 is 2.11 bits per heavy atom. The number of rotatable bonds is 2. The van der Waals surface area contributed by atoms with Crippen molar-refractivity contribution in [1.29, 1.82) is 0 Å². The van der Waals surface area contributed by atoms with E-state index in [2.05, 4.69) is 38.3 Å². The quantitative estimate of drug-likeness (QED) is 0.926. The minimum absolute atomic E-state index is 0.196. The highest BCUT2D eigenvalue weighted by Gasteiger charge is 2.29. The lowest BCUT2D eigenvalue weighted by Gasteiger charge is -2.09. The zero-order valence-electron chi connectivity index (χ0n) is 10.1. The van der Waals surface area contributed by atoms with Crippen molar-refractivity contribution in [3.05, 3.63) is 34.6 Å². The summed E-state index contributed by atoms with van der Waals surface area (Å²) in [4.78, 5) is 4.49. The van der Waals surface area contributed by atoms with Crippen LogP contribution in [0.1, 0.15) is 25.3 Å². The first-order chi connectivity index (χ1) is 8.74. The summed E-state index contributed by atoms with van der Waals surface area (Å²) >= 11 is 3.41. The van der Waals surface area contributed by atoms with Gasteiger partial charge < -0.3 is 9.84 Å². The molecule has 2 aromatic rings. The number of aromatic nitrogens is 2. The number of nitrogens with one attached hydrogen (secondary N) is 1. The Balaban J connectivity index is 1.87.